The van der Waals surface area contributed by atoms with Gasteiger partial charge in [0.2, 0.25) is 5.91 Å². The van der Waals surface area contributed by atoms with E-state index >= 15 is 0 Å². The maximum absolute atomic E-state index is 12.7. The number of nitrogens with one attached hydrogen (secondary N) is 1. The average molecular weight is 563 g/mol. The van der Waals surface area contributed by atoms with Crippen LogP contribution in [0.15, 0.2) is 65.8 Å². The predicted octanol–water partition coefficient (Wildman–Crippen LogP) is 9.64. The van der Waals surface area contributed by atoms with Gasteiger partial charge < -0.3 is 4.74 Å². The minimum atomic E-state index is -0.493. The van der Waals surface area contributed by atoms with Gasteiger partial charge in [0, 0.05) is 17.0 Å². The number of hydrogen-bond acceptors (Lipinski definition) is 4. The molecule has 0 radical (unpaired) electrons. The molecule has 0 unspecified atom stereocenters. The maximum Gasteiger partial charge on any atom is 0.343 e. The van der Waals surface area contributed by atoms with E-state index in [2.05, 4.69) is 17.5 Å². The fourth-order valence-electron chi connectivity index (χ4n) is 4.77. The van der Waals surface area contributed by atoms with Crippen molar-refractivity contribution in [1.82, 2.24) is 5.43 Å². The number of ether oxygens (including phenoxy) is 1. The number of amides is 1. The molecule has 0 aliphatic heterocycles. The number of hydrogen-bond donors (Lipinski definition) is 1. The van der Waals surface area contributed by atoms with Gasteiger partial charge in [-0.1, -0.05) is 126 Å². The van der Waals surface area contributed by atoms with Crippen LogP contribution < -0.4 is 10.2 Å². The molecule has 3 aromatic carbocycles. The van der Waals surface area contributed by atoms with Crippen molar-refractivity contribution in [2.75, 3.05) is 0 Å². The van der Waals surface area contributed by atoms with Gasteiger partial charge in [0.15, 0.2) is 0 Å². The Hall–Kier alpha value is -3.18. The van der Waals surface area contributed by atoms with Gasteiger partial charge in [-0.2, -0.15) is 5.10 Å². The Morgan fingerprint density at radius 3 is 2.02 bits per heavy atom. The number of rotatable bonds is 18. The number of benzene rings is 3. The smallest absolute Gasteiger partial charge is 0.343 e. The third-order valence-electron chi connectivity index (χ3n) is 7.10. The van der Waals surface area contributed by atoms with Crippen LogP contribution in [0.2, 0.25) is 5.02 Å². The Morgan fingerprint density at radius 1 is 0.775 bits per heavy atom. The summed E-state index contributed by atoms with van der Waals surface area (Å²) in [6.45, 7) is 2.26. The van der Waals surface area contributed by atoms with Crippen LogP contribution >= 0.6 is 11.6 Å². The maximum atomic E-state index is 12.7. The second-order valence-corrected chi connectivity index (χ2v) is 10.8. The molecule has 5 nitrogen and oxygen atoms in total. The molecule has 3 aromatic rings. The van der Waals surface area contributed by atoms with E-state index in [0.717, 1.165) is 23.6 Å². The van der Waals surface area contributed by atoms with Crippen molar-refractivity contribution < 1.29 is 14.3 Å². The highest BCUT2D eigenvalue weighted by atomic mass is 35.5. The molecule has 0 fully saturated rings. The third kappa shape index (κ3) is 11.1. The summed E-state index contributed by atoms with van der Waals surface area (Å²) in [4.78, 5) is 25.1. The van der Waals surface area contributed by atoms with E-state index < -0.39 is 5.97 Å². The molecule has 0 bridgehead atoms. The molecule has 0 saturated heterocycles. The number of esters is 1. The molecular weight excluding hydrogens is 520 g/mol. The predicted molar refractivity (Wildman–Crippen MR) is 166 cm³/mol. The molecule has 40 heavy (non-hydrogen) atoms. The molecule has 0 aliphatic rings. The highest BCUT2D eigenvalue weighted by molar-refractivity contribution is 6.30. The van der Waals surface area contributed by atoms with Crippen LogP contribution in [0, 0.1) is 0 Å². The fraction of sp³-hybridized carbons (Fsp3) is 0.441. The lowest BCUT2D eigenvalue weighted by Gasteiger charge is -2.10. The molecule has 6 heteroatoms. The van der Waals surface area contributed by atoms with Crippen molar-refractivity contribution >= 4 is 40.5 Å². The van der Waals surface area contributed by atoms with Crippen LogP contribution in [0.3, 0.4) is 0 Å². The van der Waals surface area contributed by atoms with E-state index in [1.807, 2.05) is 30.3 Å². The fourth-order valence-corrected chi connectivity index (χ4v) is 4.90. The van der Waals surface area contributed by atoms with Gasteiger partial charge in [-0.25, -0.2) is 10.2 Å². The van der Waals surface area contributed by atoms with E-state index in [9.17, 15) is 9.59 Å². The van der Waals surface area contributed by atoms with Gasteiger partial charge >= 0.3 is 5.97 Å². The van der Waals surface area contributed by atoms with Crippen molar-refractivity contribution in [3.8, 4) is 5.75 Å². The topological polar surface area (TPSA) is 67.8 Å². The lowest BCUT2D eigenvalue weighted by Crippen LogP contribution is -2.17. The summed E-state index contributed by atoms with van der Waals surface area (Å²) in [5.41, 5.74) is 3.65. The first-order valence-corrected chi connectivity index (χ1v) is 15.3. The van der Waals surface area contributed by atoms with Gasteiger partial charge in [0.25, 0.3) is 0 Å². The summed E-state index contributed by atoms with van der Waals surface area (Å²) < 4.78 is 5.70. The van der Waals surface area contributed by atoms with E-state index in [0.29, 0.717) is 28.3 Å². The molecule has 3 rings (SSSR count). The average Bonchev–Trinajstić information content (AvgIpc) is 2.96. The van der Waals surface area contributed by atoms with Crippen molar-refractivity contribution in [1.29, 1.82) is 0 Å². The Labute approximate surface area is 244 Å². The van der Waals surface area contributed by atoms with Crippen LogP contribution in [-0.4, -0.2) is 18.1 Å². The summed E-state index contributed by atoms with van der Waals surface area (Å²) in [6, 6.07) is 17.9. The second-order valence-electron chi connectivity index (χ2n) is 10.4. The Morgan fingerprint density at radius 2 is 1.38 bits per heavy atom. The quantitative estimate of drug-likeness (QED) is 0.0551. The van der Waals surface area contributed by atoms with E-state index in [1.54, 1.807) is 36.5 Å². The van der Waals surface area contributed by atoms with Crippen molar-refractivity contribution in [2.45, 2.75) is 96.8 Å². The normalized spacial score (nSPS) is 11.2. The third-order valence-corrected chi connectivity index (χ3v) is 7.36. The largest absolute Gasteiger partial charge is 0.422 e. The first kappa shape index (κ1) is 31.3. The summed E-state index contributed by atoms with van der Waals surface area (Å²) >= 11 is 5.94. The Balaban J connectivity index is 1.41. The zero-order valence-electron chi connectivity index (χ0n) is 23.8. The zero-order valence-corrected chi connectivity index (χ0v) is 24.6. The monoisotopic (exact) mass is 562 g/mol. The van der Waals surface area contributed by atoms with Crippen molar-refractivity contribution in [3.05, 3.63) is 76.8 Å². The van der Waals surface area contributed by atoms with Crippen LogP contribution in [0.4, 0.5) is 0 Å². The van der Waals surface area contributed by atoms with Crippen molar-refractivity contribution in [2.24, 2.45) is 5.10 Å². The lowest BCUT2D eigenvalue weighted by molar-refractivity contribution is -0.121. The molecule has 0 saturated carbocycles. The molecule has 0 aromatic heterocycles. The number of halogens is 1. The van der Waals surface area contributed by atoms with Crippen LogP contribution in [0.5, 0.6) is 5.75 Å². The van der Waals surface area contributed by atoms with Gasteiger partial charge in [-0.15, -0.1) is 0 Å². The van der Waals surface area contributed by atoms with Crippen molar-refractivity contribution in [3.63, 3.8) is 0 Å². The highest BCUT2D eigenvalue weighted by Crippen LogP contribution is 2.27. The summed E-state index contributed by atoms with van der Waals surface area (Å²) in [5, 5.41) is 6.59. The molecule has 0 heterocycles. The van der Waals surface area contributed by atoms with Gasteiger partial charge in [0.1, 0.15) is 5.75 Å². The number of nitrogens with zero attached hydrogens (tertiary/aromatic N) is 1. The number of carbonyl (C=O) groups excluding carboxylic acids is 2. The summed E-state index contributed by atoms with van der Waals surface area (Å²) in [5.74, 6) is -0.236. The Kier molecular flexibility index (Phi) is 14.3. The van der Waals surface area contributed by atoms with E-state index in [-0.39, 0.29) is 5.91 Å². The second kappa shape index (κ2) is 18.2. The van der Waals surface area contributed by atoms with E-state index in [1.165, 1.54) is 70.6 Å². The molecule has 214 valence electrons. The van der Waals surface area contributed by atoms with E-state index in [4.69, 9.17) is 16.3 Å². The zero-order chi connectivity index (χ0) is 28.4. The standard InChI is InChI=1S/C34H43ClN2O3/c1-2-3-4-5-6-7-8-9-10-11-12-13-14-19-33(38)37-36-26-31-30-18-16-15-17-27(30)22-25-32(31)40-34(39)28-20-23-29(35)24-21-28/h15-18,20-26H,2-14,19H2,1H3,(H,37,38). The van der Waals surface area contributed by atoms with Gasteiger partial charge in [-0.3, -0.25) is 4.79 Å². The van der Waals surface area contributed by atoms with Gasteiger partial charge in [0.05, 0.1) is 11.8 Å². The molecular formula is C34H43ClN2O3. The molecule has 0 atom stereocenters. The highest BCUT2D eigenvalue weighted by Gasteiger charge is 2.13. The molecule has 0 spiro atoms. The summed E-state index contributed by atoms with van der Waals surface area (Å²) in [6.07, 6.45) is 18.5. The first-order chi connectivity index (χ1) is 19.6. The molecule has 1 N–H and O–H groups in total. The van der Waals surface area contributed by atoms with Crippen LogP contribution in [-0.2, 0) is 4.79 Å². The molecule has 0 aliphatic carbocycles. The number of unbranched alkanes of at least 4 members (excludes halogenated alkanes) is 12. The minimum Gasteiger partial charge on any atom is -0.422 e. The number of fused-ring (bicyclic) bond motifs is 1. The van der Waals surface area contributed by atoms with Crippen LogP contribution in [0.25, 0.3) is 10.8 Å². The summed E-state index contributed by atoms with van der Waals surface area (Å²) in [7, 11) is 0. The number of carbonyl (C=O) groups is 2. The van der Waals surface area contributed by atoms with Gasteiger partial charge in [-0.05, 0) is 47.5 Å². The number of hydrazone groups is 1. The minimum absolute atomic E-state index is 0.112. The van der Waals surface area contributed by atoms with Crippen LogP contribution in [0.1, 0.15) is 113 Å². The first-order valence-electron chi connectivity index (χ1n) is 14.9. The SMILES string of the molecule is CCCCCCCCCCCCCCCC(=O)NN=Cc1c(OC(=O)c2ccc(Cl)cc2)ccc2ccccc12. The lowest BCUT2D eigenvalue weighted by atomic mass is 10.0. The molecule has 1 amide bonds. The Bertz CT molecular complexity index is 1220.